The van der Waals surface area contributed by atoms with Crippen molar-refractivity contribution in [1.29, 1.82) is 0 Å². The Kier molecular flexibility index (Phi) is 3.92. The number of amides is 1. The van der Waals surface area contributed by atoms with Gasteiger partial charge in [-0.15, -0.1) is 0 Å². The lowest BCUT2D eigenvalue weighted by Gasteiger charge is -2.06. The quantitative estimate of drug-likeness (QED) is 0.831. The van der Waals surface area contributed by atoms with Crippen molar-refractivity contribution in [1.82, 2.24) is 9.97 Å². The van der Waals surface area contributed by atoms with E-state index in [0.29, 0.717) is 13.0 Å². The number of primary amides is 1. The summed E-state index contributed by atoms with van der Waals surface area (Å²) in [6, 6.07) is 9.80. The molecule has 98 valence electrons. The molecular weight excluding hydrogens is 246 g/mol. The van der Waals surface area contributed by atoms with Gasteiger partial charge in [0.2, 0.25) is 11.8 Å². The Hall–Kier alpha value is -2.63. The first kappa shape index (κ1) is 12.8. The molecule has 0 radical (unpaired) electrons. The average Bonchev–Trinajstić information content (AvgIpc) is 2.41. The molecular formula is C13H13N3O3. The van der Waals surface area contributed by atoms with Crippen LogP contribution in [0.2, 0.25) is 0 Å². The van der Waals surface area contributed by atoms with Crippen LogP contribution < -0.4 is 10.5 Å². The minimum atomic E-state index is -0.849. The Morgan fingerprint density at radius 1 is 1.32 bits per heavy atom. The molecule has 0 spiro atoms. The second kappa shape index (κ2) is 5.81. The summed E-state index contributed by atoms with van der Waals surface area (Å²) in [5.74, 6) is -1.19. The van der Waals surface area contributed by atoms with Crippen molar-refractivity contribution >= 4 is 5.91 Å². The summed E-state index contributed by atoms with van der Waals surface area (Å²) < 4.78 is 5.36. The second-order valence-electron chi connectivity index (χ2n) is 3.83. The van der Waals surface area contributed by atoms with E-state index in [2.05, 4.69) is 9.97 Å². The molecule has 2 rings (SSSR count). The molecule has 1 heterocycles. The van der Waals surface area contributed by atoms with E-state index in [4.69, 9.17) is 10.5 Å². The number of hydrogen-bond acceptors (Lipinski definition) is 5. The maximum atomic E-state index is 11.0. The molecule has 1 aromatic carbocycles. The van der Waals surface area contributed by atoms with Gasteiger partial charge in [-0.05, 0) is 5.56 Å². The smallest absolute Gasteiger partial charge is 0.273 e. The van der Waals surface area contributed by atoms with Crippen molar-refractivity contribution in [3.05, 3.63) is 47.8 Å². The molecule has 0 bridgehead atoms. The molecule has 0 aliphatic heterocycles. The molecule has 6 heteroatoms. The number of carbonyl (C=O) groups excluding carboxylic acids is 1. The Bertz CT molecular complexity index is 573. The van der Waals surface area contributed by atoms with Gasteiger partial charge in [0.15, 0.2) is 5.69 Å². The van der Waals surface area contributed by atoms with Gasteiger partial charge in [-0.25, -0.2) is 9.97 Å². The summed E-state index contributed by atoms with van der Waals surface area (Å²) in [6.45, 7) is 0.391. The van der Waals surface area contributed by atoms with Crippen LogP contribution >= 0.6 is 0 Å². The number of nitrogens with zero attached hydrogens (tertiary/aromatic N) is 2. The Morgan fingerprint density at radius 2 is 2.05 bits per heavy atom. The molecule has 0 atom stereocenters. The van der Waals surface area contributed by atoms with Crippen LogP contribution in [-0.4, -0.2) is 27.6 Å². The molecule has 1 amide bonds. The molecule has 0 aliphatic carbocycles. The number of aromatic hydroxyl groups is 1. The highest BCUT2D eigenvalue weighted by Gasteiger charge is 2.12. The molecule has 0 aliphatic rings. The van der Waals surface area contributed by atoms with Crippen LogP contribution in [0.25, 0.3) is 0 Å². The normalized spacial score (nSPS) is 10.1. The van der Waals surface area contributed by atoms with Crippen molar-refractivity contribution in [2.75, 3.05) is 6.61 Å². The van der Waals surface area contributed by atoms with Crippen molar-refractivity contribution in [2.24, 2.45) is 5.73 Å². The lowest BCUT2D eigenvalue weighted by molar-refractivity contribution is 0.0990. The van der Waals surface area contributed by atoms with E-state index in [1.54, 1.807) is 0 Å². The number of aromatic nitrogens is 2. The van der Waals surface area contributed by atoms with Crippen molar-refractivity contribution in [2.45, 2.75) is 6.42 Å². The number of rotatable bonds is 5. The third-order valence-corrected chi connectivity index (χ3v) is 2.45. The van der Waals surface area contributed by atoms with Gasteiger partial charge in [-0.1, -0.05) is 30.3 Å². The Balaban J connectivity index is 1.97. The first-order valence-electron chi connectivity index (χ1n) is 5.69. The summed E-state index contributed by atoms with van der Waals surface area (Å²) in [5, 5.41) is 9.28. The zero-order valence-corrected chi connectivity index (χ0v) is 10.1. The predicted molar refractivity (Wildman–Crippen MR) is 67.9 cm³/mol. The van der Waals surface area contributed by atoms with Crippen LogP contribution in [0, 0.1) is 0 Å². The summed E-state index contributed by atoms with van der Waals surface area (Å²) in [7, 11) is 0. The maximum absolute atomic E-state index is 11.0. The molecule has 3 N–H and O–H groups in total. The van der Waals surface area contributed by atoms with Gasteiger partial charge in [0, 0.05) is 6.42 Å². The lowest BCUT2D eigenvalue weighted by Crippen LogP contribution is -2.15. The van der Waals surface area contributed by atoms with E-state index in [-0.39, 0.29) is 11.6 Å². The molecule has 0 fully saturated rings. The summed E-state index contributed by atoms with van der Waals surface area (Å²) in [5.41, 5.74) is 5.88. The van der Waals surface area contributed by atoms with Gasteiger partial charge in [0.05, 0.1) is 12.8 Å². The molecule has 6 nitrogen and oxygen atoms in total. The zero-order valence-electron chi connectivity index (χ0n) is 10.1. The van der Waals surface area contributed by atoms with Crippen molar-refractivity contribution in [3.8, 4) is 11.8 Å². The fourth-order valence-corrected chi connectivity index (χ4v) is 1.52. The molecule has 0 saturated carbocycles. The van der Waals surface area contributed by atoms with Crippen LogP contribution in [0.3, 0.4) is 0 Å². The predicted octanol–water partition coefficient (Wildman–Crippen LogP) is 0.903. The molecule has 2 aromatic rings. The number of hydrogen-bond donors (Lipinski definition) is 2. The standard InChI is InChI=1S/C13H13N3O3/c14-12(17)11-13(18)15-8-10(16-11)19-7-6-9-4-2-1-3-5-9/h1-5,8H,6-7H2,(H2,14,17)(H,15,18). The molecule has 0 unspecified atom stereocenters. The van der Waals surface area contributed by atoms with Crippen molar-refractivity contribution < 1.29 is 14.6 Å². The van der Waals surface area contributed by atoms with Gasteiger partial charge in [-0.3, -0.25) is 4.79 Å². The van der Waals surface area contributed by atoms with Gasteiger partial charge in [-0.2, -0.15) is 0 Å². The third kappa shape index (κ3) is 3.41. The molecule has 19 heavy (non-hydrogen) atoms. The summed E-state index contributed by atoms with van der Waals surface area (Å²) in [4.78, 5) is 18.4. The van der Waals surface area contributed by atoms with E-state index in [1.165, 1.54) is 6.20 Å². The second-order valence-corrected chi connectivity index (χ2v) is 3.83. The highest BCUT2D eigenvalue weighted by molar-refractivity contribution is 5.92. The number of nitrogens with two attached hydrogens (primary N) is 1. The van der Waals surface area contributed by atoms with Gasteiger partial charge in [0.1, 0.15) is 0 Å². The lowest BCUT2D eigenvalue weighted by atomic mass is 10.2. The van der Waals surface area contributed by atoms with Crippen LogP contribution in [0.5, 0.6) is 11.8 Å². The topological polar surface area (TPSA) is 98.3 Å². The fourth-order valence-electron chi connectivity index (χ4n) is 1.52. The maximum Gasteiger partial charge on any atom is 0.273 e. The van der Waals surface area contributed by atoms with Crippen LogP contribution in [0.1, 0.15) is 16.1 Å². The van der Waals surface area contributed by atoms with E-state index >= 15 is 0 Å². The Morgan fingerprint density at radius 3 is 2.74 bits per heavy atom. The third-order valence-electron chi connectivity index (χ3n) is 2.45. The highest BCUT2D eigenvalue weighted by atomic mass is 16.5. The SMILES string of the molecule is NC(=O)c1nc(OCCc2ccccc2)cnc1O. The first-order chi connectivity index (χ1) is 9.16. The van der Waals surface area contributed by atoms with Crippen LogP contribution in [0.4, 0.5) is 0 Å². The first-order valence-corrected chi connectivity index (χ1v) is 5.69. The number of carbonyl (C=O) groups is 1. The van der Waals surface area contributed by atoms with E-state index in [1.807, 2.05) is 30.3 Å². The van der Waals surface area contributed by atoms with Crippen LogP contribution in [-0.2, 0) is 6.42 Å². The van der Waals surface area contributed by atoms with E-state index in [0.717, 1.165) is 5.56 Å². The van der Waals surface area contributed by atoms with Gasteiger partial charge >= 0.3 is 0 Å². The minimum Gasteiger partial charge on any atom is -0.492 e. The Labute approximate surface area is 109 Å². The number of ether oxygens (including phenoxy) is 1. The largest absolute Gasteiger partial charge is 0.492 e. The van der Waals surface area contributed by atoms with E-state index in [9.17, 15) is 9.90 Å². The van der Waals surface area contributed by atoms with E-state index < -0.39 is 11.8 Å². The highest BCUT2D eigenvalue weighted by Crippen LogP contribution is 2.14. The molecule has 1 aromatic heterocycles. The summed E-state index contributed by atoms with van der Waals surface area (Å²) >= 11 is 0. The van der Waals surface area contributed by atoms with Gasteiger partial charge in [0.25, 0.3) is 5.91 Å². The number of benzene rings is 1. The summed E-state index contributed by atoms with van der Waals surface area (Å²) in [6.07, 6.45) is 1.95. The molecule has 0 saturated heterocycles. The van der Waals surface area contributed by atoms with Crippen LogP contribution in [0.15, 0.2) is 36.5 Å². The van der Waals surface area contributed by atoms with Crippen molar-refractivity contribution in [3.63, 3.8) is 0 Å². The fraction of sp³-hybridized carbons (Fsp3) is 0.154. The zero-order chi connectivity index (χ0) is 13.7. The monoisotopic (exact) mass is 259 g/mol. The van der Waals surface area contributed by atoms with Gasteiger partial charge < -0.3 is 15.6 Å². The minimum absolute atomic E-state index is 0.155. The average molecular weight is 259 g/mol.